The molecule has 1 fully saturated rings. The minimum atomic E-state index is -0.898. The van der Waals surface area contributed by atoms with Crippen LogP contribution in [0.15, 0.2) is 27.8 Å². The maximum Gasteiger partial charge on any atom is 0.328 e. The van der Waals surface area contributed by atoms with Crippen LogP contribution >= 0.6 is 0 Å². The predicted molar refractivity (Wildman–Crippen MR) is 100.0 cm³/mol. The molecule has 1 aromatic heterocycles. The summed E-state index contributed by atoms with van der Waals surface area (Å²) in [7, 11) is 0. The van der Waals surface area contributed by atoms with Gasteiger partial charge in [0.25, 0.3) is 11.5 Å². The molecule has 1 aromatic carbocycles. The number of benzene rings is 1. The summed E-state index contributed by atoms with van der Waals surface area (Å²) in [4.78, 5) is 51.1. The van der Waals surface area contributed by atoms with E-state index in [-0.39, 0.29) is 17.6 Å². The van der Waals surface area contributed by atoms with Gasteiger partial charge in [-0.05, 0) is 38.0 Å². The van der Waals surface area contributed by atoms with Gasteiger partial charge in [-0.2, -0.15) is 0 Å². The lowest BCUT2D eigenvalue weighted by molar-refractivity contribution is -0.142. The number of carboxylic acids is 1. The molecule has 144 valence electrons. The molecule has 0 spiro atoms. The lowest BCUT2D eigenvalue weighted by atomic mass is 9.94. The summed E-state index contributed by atoms with van der Waals surface area (Å²) in [6.45, 7) is 1.96. The van der Waals surface area contributed by atoms with E-state index in [0.29, 0.717) is 18.2 Å². The van der Waals surface area contributed by atoms with Gasteiger partial charge in [-0.15, -0.1) is 0 Å². The van der Waals surface area contributed by atoms with Crippen LogP contribution in [-0.2, 0) is 11.3 Å². The first-order valence-electron chi connectivity index (χ1n) is 9.23. The van der Waals surface area contributed by atoms with Crippen molar-refractivity contribution in [2.75, 3.05) is 0 Å². The largest absolute Gasteiger partial charge is 0.481 e. The molecule has 0 aliphatic heterocycles. The van der Waals surface area contributed by atoms with E-state index in [1.807, 2.05) is 0 Å². The fourth-order valence-corrected chi connectivity index (χ4v) is 3.71. The normalized spacial score (nSPS) is 20.2. The first kappa shape index (κ1) is 18.9. The molecule has 8 heteroatoms. The molecule has 2 aromatic rings. The molecular weight excluding hydrogens is 350 g/mol. The number of aromatic nitrogens is 2. The number of carbonyl (C=O) groups is 2. The summed E-state index contributed by atoms with van der Waals surface area (Å²) in [6.07, 6.45) is 3.83. The molecule has 27 heavy (non-hydrogen) atoms. The van der Waals surface area contributed by atoms with Crippen molar-refractivity contribution in [2.24, 2.45) is 5.92 Å². The van der Waals surface area contributed by atoms with Gasteiger partial charge in [-0.3, -0.25) is 19.0 Å². The van der Waals surface area contributed by atoms with E-state index in [0.717, 1.165) is 23.8 Å². The fraction of sp³-hybridized carbons (Fsp3) is 0.474. The Labute approximate surface area is 155 Å². The van der Waals surface area contributed by atoms with Crippen LogP contribution in [0.5, 0.6) is 0 Å². The van der Waals surface area contributed by atoms with E-state index in [2.05, 4.69) is 10.3 Å². The molecule has 1 aliphatic rings. The average molecular weight is 373 g/mol. The number of nitrogens with zero attached hydrogens (tertiary/aromatic N) is 1. The quantitative estimate of drug-likeness (QED) is 0.701. The highest BCUT2D eigenvalue weighted by molar-refractivity contribution is 5.98. The van der Waals surface area contributed by atoms with Crippen LogP contribution in [0.1, 0.15) is 49.4 Å². The van der Waals surface area contributed by atoms with Crippen LogP contribution in [0.25, 0.3) is 10.9 Å². The van der Waals surface area contributed by atoms with Crippen molar-refractivity contribution < 1.29 is 14.7 Å². The van der Waals surface area contributed by atoms with Gasteiger partial charge < -0.3 is 15.4 Å². The minimum absolute atomic E-state index is 0.255. The Bertz CT molecular complexity index is 991. The number of aromatic amines is 1. The van der Waals surface area contributed by atoms with Crippen molar-refractivity contribution in [3.8, 4) is 0 Å². The molecule has 1 saturated carbocycles. The number of aliphatic carboxylic acids is 1. The summed E-state index contributed by atoms with van der Waals surface area (Å²) in [5.74, 6) is -1.91. The third-order valence-electron chi connectivity index (χ3n) is 5.21. The van der Waals surface area contributed by atoms with Crippen LogP contribution in [0.2, 0.25) is 0 Å². The van der Waals surface area contributed by atoms with E-state index in [9.17, 15) is 24.3 Å². The topological polar surface area (TPSA) is 121 Å². The molecule has 0 unspecified atom stereocenters. The van der Waals surface area contributed by atoms with Crippen molar-refractivity contribution in [1.82, 2.24) is 14.9 Å². The van der Waals surface area contributed by atoms with Crippen LogP contribution in [-0.4, -0.2) is 32.6 Å². The highest BCUT2D eigenvalue weighted by atomic mass is 16.4. The SMILES string of the molecule is CCn1c(=O)[nH]c2cc(C(=O)N[C@H]3CCCCC[C@H]3C(=O)O)ccc2c1=O. The number of nitrogens with one attached hydrogen (secondary N) is 2. The maximum absolute atomic E-state index is 12.7. The molecule has 2 atom stereocenters. The van der Waals surface area contributed by atoms with Gasteiger partial charge in [0.2, 0.25) is 0 Å². The second kappa shape index (κ2) is 7.77. The van der Waals surface area contributed by atoms with Gasteiger partial charge >= 0.3 is 11.7 Å². The van der Waals surface area contributed by atoms with Gasteiger partial charge in [0.15, 0.2) is 0 Å². The Hall–Kier alpha value is -2.90. The molecule has 1 aliphatic carbocycles. The molecule has 8 nitrogen and oxygen atoms in total. The summed E-state index contributed by atoms with van der Waals surface area (Å²) in [5.41, 5.74) is -0.363. The first-order valence-corrected chi connectivity index (χ1v) is 9.23. The van der Waals surface area contributed by atoms with Gasteiger partial charge in [-0.25, -0.2) is 4.79 Å². The second-order valence-corrected chi connectivity index (χ2v) is 6.90. The smallest absolute Gasteiger partial charge is 0.328 e. The number of carboxylic acid groups (broad SMARTS) is 1. The number of hydrogen-bond donors (Lipinski definition) is 3. The Morgan fingerprint density at radius 1 is 1.22 bits per heavy atom. The number of H-pyrrole nitrogens is 1. The summed E-state index contributed by atoms with van der Waals surface area (Å²) < 4.78 is 1.09. The van der Waals surface area contributed by atoms with Crippen LogP contribution in [0.3, 0.4) is 0 Å². The highest BCUT2D eigenvalue weighted by Crippen LogP contribution is 2.24. The number of carbonyl (C=O) groups excluding carboxylic acids is 1. The number of amides is 1. The van der Waals surface area contributed by atoms with Gasteiger partial charge in [0.1, 0.15) is 0 Å². The second-order valence-electron chi connectivity index (χ2n) is 6.90. The number of rotatable bonds is 4. The Morgan fingerprint density at radius 2 is 1.96 bits per heavy atom. The predicted octanol–water partition coefficient (Wildman–Crippen LogP) is 1.47. The van der Waals surface area contributed by atoms with Gasteiger partial charge in [0, 0.05) is 18.2 Å². The number of fused-ring (bicyclic) bond motifs is 1. The third kappa shape index (κ3) is 3.79. The zero-order valence-electron chi connectivity index (χ0n) is 15.2. The van der Waals surface area contributed by atoms with Crippen molar-refractivity contribution in [3.63, 3.8) is 0 Å². The summed E-state index contributed by atoms with van der Waals surface area (Å²) in [6, 6.07) is 4.06. The minimum Gasteiger partial charge on any atom is -0.481 e. The van der Waals surface area contributed by atoms with Crippen molar-refractivity contribution in [2.45, 2.75) is 51.6 Å². The number of hydrogen-bond acceptors (Lipinski definition) is 4. The third-order valence-corrected chi connectivity index (χ3v) is 5.21. The standard InChI is InChI=1S/C19H23N3O5/c1-2-22-17(24)12-9-8-11(10-15(12)21-19(22)27)16(23)20-14-7-5-3-4-6-13(14)18(25)26/h8-10,13-14H,2-7H2,1H3,(H,20,23)(H,21,27)(H,25,26)/t13-,14+/m1/s1. The molecule has 0 saturated heterocycles. The van der Waals surface area contributed by atoms with Crippen LogP contribution in [0.4, 0.5) is 0 Å². The molecule has 3 rings (SSSR count). The van der Waals surface area contributed by atoms with Crippen molar-refractivity contribution >= 4 is 22.8 Å². The van der Waals surface area contributed by atoms with Crippen LogP contribution < -0.4 is 16.6 Å². The lowest BCUT2D eigenvalue weighted by Gasteiger charge is -2.23. The Balaban J connectivity index is 1.90. The Kier molecular flexibility index (Phi) is 5.43. The van der Waals surface area contributed by atoms with Gasteiger partial charge in [0.05, 0.1) is 16.8 Å². The Morgan fingerprint density at radius 3 is 2.67 bits per heavy atom. The fourth-order valence-electron chi connectivity index (χ4n) is 3.71. The average Bonchev–Trinajstić information content (AvgIpc) is 2.87. The van der Waals surface area contributed by atoms with Gasteiger partial charge in [-0.1, -0.05) is 19.3 Å². The van der Waals surface area contributed by atoms with Crippen molar-refractivity contribution in [1.29, 1.82) is 0 Å². The molecule has 0 radical (unpaired) electrons. The monoisotopic (exact) mass is 373 g/mol. The molecule has 1 amide bonds. The van der Waals surface area contributed by atoms with E-state index in [1.165, 1.54) is 18.2 Å². The van der Waals surface area contributed by atoms with Crippen molar-refractivity contribution in [3.05, 3.63) is 44.6 Å². The maximum atomic E-state index is 12.7. The molecule has 0 bridgehead atoms. The van der Waals surface area contributed by atoms with E-state index < -0.39 is 35.1 Å². The lowest BCUT2D eigenvalue weighted by Crippen LogP contribution is -2.42. The highest BCUT2D eigenvalue weighted by Gasteiger charge is 2.30. The van der Waals surface area contributed by atoms with E-state index >= 15 is 0 Å². The zero-order valence-corrected chi connectivity index (χ0v) is 15.2. The molecular formula is C19H23N3O5. The zero-order chi connectivity index (χ0) is 19.6. The summed E-state index contributed by atoms with van der Waals surface area (Å²) in [5, 5.41) is 12.6. The van der Waals surface area contributed by atoms with Crippen LogP contribution in [0, 0.1) is 5.92 Å². The van der Waals surface area contributed by atoms with E-state index in [4.69, 9.17) is 0 Å². The molecule has 1 heterocycles. The first-order chi connectivity index (χ1) is 12.9. The van der Waals surface area contributed by atoms with E-state index in [1.54, 1.807) is 6.92 Å². The molecule has 3 N–H and O–H groups in total. The summed E-state index contributed by atoms with van der Waals surface area (Å²) >= 11 is 0.